The largest absolute Gasteiger partial charge is 0.379 e. The van der Waals surface area contributed by atoms with E-state index in [1.165, 1.54) is 0 Å². The SMILES string of the molecule is CC(C)NCCOCCOCCOCCOCCOCCOCCOCCOCCC(=O)C(C)C. The van der Waals surface area contributed by atoms with Crippen LogP contribution in [0, 0.1) is 5.92 Å². The molecule has 10 nitrogen and oxygen atoms in total. The molecule has 0 spiro atoms. The number of rotatable bonds is 29. The summed E-state index contributed by atoms with van der Waals surface area (Å²) in [5.74, 6) is 0.292. The van der Waals surface area contributed by atoms with Crippen molar-refractivity contribution >= 4 is 5.78 Å². The van der Waals surface area contributed by atoms with E-state index in [4.69, 9.17) is 37.9 Å². The van der Waals surface area contributed by atoms with Crippen molar-refractivity contribution in [2.75, 3.05) is 112 Å². The minimum atomic E-state index is 0.0676. The number of Topliss-reactive ketones (excluding diaryl/α,β-unsaturated/α-hetero) is 1. The highest BCUT2D eigenvalue weighted by Crippen LogP contribution is 1.98. The number of hydrogen-bond donors (Lipinski definition) is 1. The molecule has 0 bridgehead atoms. The summed E-state index contributed by atoms with van der Waals surface area (Å²) in [6.45, 7) is 17.4. The van der Waals surface area contributed by atoms with E-state index in [1.54, 1.807) is 0 Å². The predicted molar refractivity (Wildman–Crippen MR) is 134 cm³/mol. The van der Waals surface area contributed by atoms with Gasteiger partial charge < -0.3 is 43.2 Å². The highest BCUT2D eigenvalue weighted by Gasteiger charge is 2.06. The van der Waals surface area contributed by atoms with Gasteiger partial charge in [-0.1, -0.05) is 27.7 Å². The standard InChI is InChI=1S/C25H51NO9/c1-23(2)25(27)5-7-28-9-11-30-13-15-32-17-19-34-21-22-35-20-18-33-16-14-31-12-10-29-8-6-26-24(3)4/h23-24,26H,5-22H2,1-4H3. The van der Waals surface area contributed by atoms with Gasteiger partial charge in [-0.15, -0.1) is 0 Å². The van der Waals surface area contributed by atoms with Crippen molar-refractivity contribution in [1.29, 1.82) is 0 Å². The fourth-order valence-electron chi connectivity index (χ4n) is 2.52. The molecule has 0 atom stereocenters. The summed E-state index contributed by atoms with van der Waals surface area (Å²) >= 11 is 0. The smallest absolute Gasteiger partial charge is 0.137 e. The van der Waals surface area contributed by atoms with E-state index in [0.29, 0.717) is 118 Å². The van der Waals surface area contributed by atoms with Crippen molar-refractivity contribution in [2.24, 2.45) is 5.92 Å². The van der Waals surface area contributed by atoms with Gasteiger partial charge in [0.1, 0.15) is 5.78 Å². The Kier molecular flexibility index (Phi) is 27.3. The fourth-order valence-corrected chi connectivity index (χ4v) is 2.52. The van der Waals surface area contributed by atoms with E-state index in [0.717, 1.165) is 6.54 Å². The van der Waals surface area contributed by atoms with Crippen LogP contribution in [-0.4, -0.2) is 124 Å². The lowest BCUT2D eigenvalue weighted by molar-refractivity contribution is -0.123. The third kappa shape index (κ3) is 29.4. The topological polar surface area (TPSA) is 103 Å². The molecule has 0 fully saturated rings. The van der Waals surface area contributed by atoms with E-state index in [-0.39, 0.29) is 11.7 Å². The summed E-state index contributed by atoms with van der Waals surface area (Å²) in [5.41, 5.74) is 0. The predicted octanol–water partition coefficient (Wildman–Crippen LogP) is 1.73. The monoisotopic (exact) mass is 509 g/mol. The number of carbonyl (C=O) groups is 1. The highest BCUT2D eigenvalue weighted by molar-refractivity contribution is 5.80. The van der Waals surface area contributed by atoms with Crippen molar-refractivity contribution in [1.82, 2.24) is 5.32 Å². The van der Waals surface area contributed by atoms with Crippen LogP contribution in [0.15, 0.2) is 0 Å². The summed E-state index contributed by atoms with van der Waals surface area (Å²) < 4.78 is 43.4. The van der Waals surface area contributed by atoms with Crippen molar-refractivity contribution in [3.05, 3.63) is 0 Å². The average molecular weight is 510 g/mol. The third-order valence-corrected chi connectivity index (χ3v) is 4.54. The maximum Gasteiger partial charge on any atom is 0.137 e. The molecule has 0 aromatic rings. The Labute approximate surface area is 212 Å². The molecule has 0 saturated carbocycles. The molecule has 0 aromatic carbocycles. The van der Waals surface area contributed by atoms with Crippen molar-refractivity contribution in [2.45, 2.75) is 40.2 Å². The lowest BCUT2D eigenvalue weighted by Gasteiger charge is -2.09. The Bertz CT molecular complexity index is 439. The number of ether oxygens (including phenoxy) is 8. The number of nitrogens with one attached hydrogen (secondary N) is 1. The lowest BCUT2D eigenvalue weighted by Crippen LogP contribution is -2.27. The molecule has 1 N–H and O–H groups in total. The van der Waals surface area contributed by atoms with Gasteiger partial charge in [0.05, 0.1) is 106 Å². The van der Waals surface area contributed by atoms with Crippen LogP contribution in [-0.2, 0) is 42.7 Å². The van der Waals surface area contributed by atoms with Crippen LogP contribution in [0.5, 0.6) is 0 Å². The molecule has 0 aliphatic rings. The van der Waals surface area contributed by atoms with E-state index < -0.39 is 0 Å². The van der Waals surface area contributed by atoms with Crippen LogP contribution in [0.3, 0.4) is 0 Å². The maximum absolute atomic E-state index is 11.4. The van der Waals surface area contributed by atoms with Gasteiger partial charge in [0, 0.05) is 24.9 Å². The van der Waals surface area contributed by atoms with E-state index in [1.807, 2.05) is 13.8 Å². The maximum atomic E-state index is 11.4. The molecule has 0 saturated heterocycles. The first-order valence-corrected chi connectivity index (χ1v) is 12.9. The van der Waals surface area contributed by atoms with Crippen LogP contribution < -0.4 is 5.32 Å². The second kappa shape index (κ2) is 27.9. The molecular weight excluding hydrogens is 458 g/mol. The Morgan fingerprint density at radius 3 is 1.06 bits per heavy atom. The molecule has 0 aliphatic carbocycles. The van der Waals surface area contributed by atoms with E-state index in [2.05, 4.69) is 19.2 Å². The number of hydrogen-bond acceptors (Lipinski definition) is 10. The molecule has 0 rings (SSSR count). The summed E-state index contributed by atoms with van der Waals surface area (Å²) in [7, 11) is 0. The zero-order valence-electron chi connectivity index (χ0n) is 22.6. The van der Waals surface area contributed by atoms with Gasteiger partial charge in [-0.3, -0.25) is 4.79 Å². The van der Waals surface area contributed by atoms with Gasteiger partial charge in [-0.2, -0.15) is 0 Å². The normalized spacial score (nSPS) is 11.7. The first-order valence-electron chi connectivity index (χ1n) is 12.9. The van der Waals surface area contributed by atoms with Crippen LogP contribution in [0.1, 0.15) is 34.1 Å². The van der Waals surface area contributed by atoms with E-state index in [9.17, 15) is 4.79 Å². The number of ketones is 1. The molecule has 0 aliphatic heterocycles. The van der Waals surface area contributed by atoms with Gasteiger partial charge in [0.25, 0.3) is 0 Å². The second-order valence-corrected chi connectivity index (χ2v) is 8.38. The van der Waals surface area contributed by atoms with Gasteiger partial charge in [0.2, 0.25) is 0 Å². The zero-order chi connectivity index (χ0) is 25.8. The van der Waals surface area contributed by atoms with E-state index >= 15 is 0 Å². The highest BCUT2D eigenvalue weighted by atomic mass is 16.6. The van der Waals surface area contributed by atoms with Crippen LogP contribution >= 0.6 is 0 Å². The Morgan fingerprint density at radius 1 is 0.486 bits per heavy atom. The Hall–Kier alpha value is -0.690. The van der Waals surface area contributed by atoms with Crippen LogP contribution in [0.2, 0.25) is 0 Å². The van der Waals surface area contributed by atoms with Crippen LogP contribution in [0.4, 0.5) is 0 Å². The van der Waals surface area contributed by atoms with Crippen LogP contribution in [0.25, 0.3) is 0 Å². The van der Waals surface area contributed by atoms with Crippen molar-refractivity contribution in [3.8, 4) is 0 Å². The summed E-state index contributed by atoms with van der Waals surface area (Å²) in [4.78, 5) is 11.4. The van der Waals surface area contributed by atoms with Gasteiger partial charge >= 0.3 is 0 Å². The van der Waals surface area contributed by atoms with Gasteiger partial charge in [-0.25, -0.2) is 0 Å². The molecular formula is C25H51NO9. The quantitative estimate of drug-likeness (QED) is 0.150. The molecule has 10 heteroatoms. The second-order valence-electron chi connectivity index (χ2n) is 8.38. The summed E-state index contributed by atoms with van der Waals surface area (Å²) in [6.07, 6.45) is 0.461. The van der Waals surface area contributed by atoms with Crippen molar-refractivity contribution in [3.63, 3.8) is 0 Å². The molecule has 0 aromatic heterocycles. The molecule has 0 unspecified atom stereocenters. The fraction of sp³-hybridized carbons (Fsp3) is 0.960. The first-order chi connectivity index (χ1) is 17.0. The minimum Gasteiger partial charge on any atom is -0.379 e. The van der Waals surface area contributed by atoms with Crippen molar-refractivity contribution < 1.29 is 42.7 Å². The molecule has 0 heterocycles. The molecule has 0 amide bonds. The third-order valence-electron chi connectivity index (χ3n) is 4.54. The summed E-state index contributed by atoms with van der Waals surface area (Å²) in [6, 6.07) is 0.484. The molecule has 0 radical (unpaired) electrons. The Morgan fingerprint density at radius 2 is 0.771 bits per heavy atom. The molecule has 210 valence electrons. The lowest BCUT2D eigenvalue weighted by atomic mass is 10.1. The first kappa shape index (κ1) is 34.3. The van der Waals surface area contributed by atoms with Gasteiger partial charge in [-0.05, 0) is 0 Å². The molecule has 35 heavy (non-hydrogen) atoms. The average Bonchev–Trinajstić information content (AvgIpc) is 2.83. The zero-order valence-corrected chi connectivity index (χ0v) is 22.6. The summed E-state index contributed by atoms with van der Waals surface area (Å²) in [5, 5.41) is 3.29. The number of carbonyl (C=O) groups excluding carboxylic acids is 1. The van der Waals surface area contributed by atoms with Gasteiger partial charge in [0.15, 0.2) is 0 Å². The Balaban J connectivity index is 3.06. The minimum absolute atomic E-state index is 0.0676.